The summed E-state index contributed by atoms with van der Waals surface area (Å²) in [7, 11) is 1.24. The number of hydrogen-bond donors (Lipinski definition) is 6. The van der Waals surface area contributed by atoms with Crippen LogP contribution in [-0.4, -0.2) is 68.0 Å². The van der Waals surface area contributed by atoms with Gasteiger partial charge in [0.25, 0.3) is 0 Å². The van der Waals surface area contributed by atoms with Gasteiger partial charge in [0.05, 0.1) is 7.11 Å². The molecule has 0 spiro atoms. The summed E-state index contributed by atoms with van der Waals surface area (Å²) in [5.41, 5.74) is 6.92. The molecule has 0 fully saturated rings. The molecule has 3 amide bonds. The number of carbonyl (C=O) groups excluding carboxylic acids is 4. The monoisotopic (exact) mass is 594 g/mol. The van der Waals surface area contributed by atoms with E-state index in [9.17, 15) is 19.2 Å². The number of carbonyl (C=O) groups is 4. The molecule has 0 bridgehead atoms. The molecule has 0 aliphatic carbocycles. The second-order valence-electron chi connectivity index (χ2n) is 9.87. The molecule has 0 aliphatic rings. The second kappa shape index (κ2) is 18.5. The van der Waals surface area contributed by atoms with Gasteiger partial charge in [-0.3, -0.25) is 19.8 Å². The first-order valence-electron chi connectivity index (χ1n) is 14.0. The zero-order chi connectivity index (χ0) is 31.6. The van der Waals surface area contributed by atoms with Gasteiger partial charge in [0.2, 0.25) is 17.7 Å². The standard InChI is InChI=1S/C31H42N6O6/c1-4-18-43-24-15-13-23(14-16-24)19-26(35-21(2)38)29(40)36-25(12-8-9-17-34-31(32)33)28(39)37-27(30(41)42-3)20-22-10-6-5-7-11-22/h4-7,10-11,13-16,25-27H,1,8-9,12,17-20H2,2-3H3,(H,35,38)(H,36,40)(H,37,39)(H4,32,33,34)/t25-,26-,27-/m0/s1. The molecule has 0 aliphatic heterocycles. The Morgan fingerprint density at radius 1 is 0.884 bits per heavy atom. The second-order valence-corrected chi connectivity index (χ2v) is 9.87. The predicted octanol–water partition coefficient (Wildman–Crippen LogP) is 1.34. The molecule has 12 heteroatoms. The Balaban J connectivity index is 2.20. The Labute approximate surface area is 252 Å². The third kappa shape index (κ3) is 13.1. The Morgan fingerprint density at radius 2 is 1.49 bits per heavy atom. The molecule has 43 heavy (non-hydrogen) atoms. The van der Waals surface area contributed by atoms with E-state index in [1.54, 1.807) is 30.3 Å². The predicted molar refractivity (Wildman–Crippen MR) is 163 cm³/mol. The molecule has 12 nitrogen and oxygen atoms in total. The molecule has 0 radical (unpaired) electrons. The van der Waals surface area contributed by atoms with Crippen molar-refractivity contribution in [1.82, 2.24) is 21.3 Å². The van der Waals surface area contributed by atoms with Crippen LogP contribution in [0.3, 0.4) is 0 Å². The van der Waals surface area contributed by atoms with Crippen molar-refractivity contribution in [2.45, 2.75) is 57.2 Å². The highest BCUT2D eigenvalue weighted by molar-refractivity contribution is 5.93. The van der Waals surface area contributed by atoms with E-state index < -0.39 is 41.8 Å². The molecule has 0 heterocycles. The van der Waals surface area contributed by atoms with Crippen LogP contribution in [0.5, 0.6) is 5.75 Å². The molecule has 0 saturated carbocycles. The third-order valence-electron chi connectivity index (χ3n) is 6.38. The number of ether oxygens (including phenoxy) is 2. The van der Waals surface area contributed by atoms with Crippen molar-refractivity contribution in [2.24, 2.45) is 5.73 Å². The summed E-state index contributed by atoms with van der Waals surface area (Å²) in [5, 5.41) is 18.2. The largest absolute Gasteiger partial charge is 0.490 e. The molecule has 0 saturated heterocycles. The van der Waals surface area contributed by atoms with Crippen LogP contribution in [0.4, 0.5) is 0 Å². The molecule has 2 rings (SSSR count). The molecule has 2 aromatic rings. The Morgan fingerprint density at radius 3 is 2.09 bits per heavy atom. The average Bonchev–Trinajstić information content (AvgIpc) is 2.98. The van der Waals surface area contributed by atoms with Crippen LogP contribution in [0.15, 0.2) is 67.3 Å². The average molecular weight is 595 g/mol. The summed E-state index contributed by atoms with van der Waals surface area (Å²) in [6.07, 6.45) is 3.30. The van der Waals surface area contributed by atoms with E-state index in [0.29, 0.717) is 31.7 Å². The summed E-state index contributed by atoms with van der Waals surface area (Å²) in [5.74, 6) is -1.68. The van der Waals surface area contributed by atoms with Crippen LogP contribution in [0, 0.1) is 5.41 Å². The minimum atomic E-state index is -1.02. The van der Waals surface area contributed by atoms with Gasteiger partial charge in [0.1, 0.15) is 30.5 Å². The number of benzene rings is 2. The van der Waals surface area contributed by atoms with Crippen LogP contribution in [0.2, 0.25) is 0 Å². The van der Waals surface area contributed by atoms with Crippen LogP contribution < -0.4 is 31.7 Å². The summed E-state index contributed by atoms with van der Waals surface area (Å²) in [4.78, 5) is 51.5. The lowest BCUT2D eigenvalue weighted by Gasteiger charge is -2.25. The maximum Gasteiger partial charge on any atom is 0.328 e. The molecular weight excluding hydrogens is 552 g/mol. The number of rotatable bonds is 18. The van der Waals surface area contributed by atoms with Gasteiger partial charge in [-0.15, -0.1) is 0 Å². The lowest BCUT2D eigenvalue weighted by atomic mass is 10.0. The van der Waals surface area contributed by atoms with E-state index in [2.05, 4.69) is 27.8 Å². The van der Waals surface area contributed by atoms with Gasteiger partial charge in [-0.1, -0.05) is 55.1 Å². The maximum absolute atomic E-state index is 13.5. The lowest BCUT2D eigenvalue weighted by molar-refractivity contribution is -0.145. The van der Waals surface area contributed by atoms with E-state index in [-0.39, 0.29) is 25.2 Å². The van der Waals surface area contributed by atoms with E-state index in [1.165, 1.54) is 14.0 Å². The van der Waals surface area contributed by atoms with Crippen molar-refractivity contribution >= 4 is 29.7 Å². The first-order chi connectivity index (χ1) is 20.6. The number of nitrogens with one attached hydrogen (secondary N) is 5. The zero-order valence-electron chi connectivity index (χ0n) is 24.7. The Kier molecular flexibility index (Phi) is 14.8. The number of guanidine groups is 1. The summed E-state index contributed by atoms with van der Waals surface area (Å²) in [6, 6.07) is 13.3. The fraction of sp³-hybridized carbons (Fsp3) is 0.387. The van der Waals surface area contributed by atoms with Gasteiger partial charge in [0, 0.05) is 26.3 Å². The van der Waals surface area contributed by atoms with E-state index in [4.69, 9.17) is 20.6 Å². The number of hydrogen-bond acceptors (Lipinski definition) is 7. The lowest BCUT2D eigenvalue weighted by Crippen LogP contribution is -2.56. The Bertz CT molecular complexity index is 1220. The summed E-state index contributed by atoms with van der Waals surface area (Å²) >= 11 is 0. The van der Waals surface area contributed by atoms with Crippen LogP contribution in [0.1, 0.15) is 37.3 Å². The van der Waals surface area contributed by atoms with Gasteiger partial charge in [-0.25, -0.2) is 4.79 Å². The van der Waals surface area contributed by atoms with Gasteiger partial charge in [0.15, 0.2) is 5.96 Å². The fourth-order valence-corrected chi connectivity index (χ4v) is 4.26. The quantitative estimate of drug-likeness (QED) is 0.0491. The normalized spacial score (nSPS) is 12.5. The smallest absolute Gasteiger partial charge is 0.328 e. The van der Waals surface area contributed by atoms with Gasteiger partial charge >= 0.3 is 5.97 Å². The van der Waals surface area contributed by atoms with Crippen molar-refractivity contribution in [1.29, 1.82) is 5.41 Å². The first kappa shape index (κ1) is 34.3. The van der Waals surface area contributed by atoms with E-state index >= 15 is 0 Å². The molecule has 7 N–H and O–H groups in total. The maximum atomic E-state index is 13.5. The molecule has 2 aromatic carbocycles. The molecule has 0 aromatic heterocycles. The summed E-state index contributed by atoms with van der Waals surface area (Å²) in [6.45, 7) is 5.70. The highest BCUT2D eigenvalue weighted by Crippen LogP contribution is 2.14. The fourth-order valence-electron chi connectivity index (χ4n) is 4.26. The highest BCUT2D eigenvalue weighted by Gasteiger charge is 2.30. The number of unbranched alkanes of at least 4 members (excludes halogenated alkanes) is 1. The van der Waals surface area contributed by atoms with Crippen LogP contribution in [-0.2, 0) is 36.8 Å². The minimum absolute atomic E-state index is 0.164. The van der Waals surface area contributed by atoms with Crippen LogP contribution >= 0.6 is 0 Å². The van der Waals surface area contributed by atoms with Gasteiger partial charge < -0.3 is 36.5 Å². The first-order valence-corrected chi connectivity index (χ1v) is 14.0. The molecule has 232 valence electrons. The topological polar surface area (TPSA) is 185 Å². The minimum Gasteiger partial charge on any atom is -0.490 e. The molecule has 3 atom stereocenters. The highest BCUT2D eigenvalue weighted by atomic mass is 16.5. The van der Waals surface area contributed by atoms with Crippen molar-refractivity contribution < 1.29 is 28.7 Å². The van der Waals surface area contributed by atoms with Gasteiger partial charge in [-0.2, -0.15) is 0 Å². The van der Waals surface area contributed by atoms with Crippen LogP contribution in [0.25, 0.3) is 0 Å². The molecule has 0 unspecified atom stereocenters. The number of methoxy groups -OCH3 is 1. The molecular formula is C31H42N6O6. The Hall–Kier alpha value is -4.87. The number of amides is 3. The van der Waals surface area contributed by atoms with Crippen molar-refractivity contribution in [2.75, 3.05) is 20.3 Å². The number of nitrogens with two attached hydrogens (primary N) is 1. The van der Waals surface area contributed by atoms with E-state index in [1.807, 2.05) is 30.3 Å². The zero-order valence-corrected chi connectivity index (χ0v) is 24.7. The summed E-state index contributed by atoms with van der Waals surface area (Å²) < 4.78 is 10.4. The van der Waals surface area contributed by atoms with Crippen molar-refractivity contribution in [3.63, 3.8) is 0 Å². The van der Waals surface area contributed by atoms with E-state index in [0.717, 1.165) is 11.1 Å². The third-order valence-corrected chi connectivity index (χ3v) is 6.38. The number of esters is 1. The van der Waals surface area contributed by atoms with Crippen molar-refractivity contribution in [3.8, 4) is 5.75 Å². The SMILES string of the molecule is C=CCOc1ccc(C[C@H](NC(C)=O)C(=O)N[C@@H](CCCCNC(=N)N)C(=O)N[C@@H](Cc2ccccc2)C(=O)OC)cc1. The van der Waals surface area contributed by atoms with Gasteiger partial charge in [-0.05, 0) is 42.5 Å². The van der Waals surface area contributed by atoms with Crippen molar-refractivity contribution in [3.05, 3.63) is 78.4 Å².